The molecule has 2 rings (SSSR count). The van der Waals surface area contributed by atoms with E-state index in [-0.39, 0.29) is 5.11 Å². The highest BCUT2D eigenvalue weighted by molar-refractivity contribution is 7.80. The minimum absolute atomic E-state index is 0.000000000000000222. The standard InChI is InChI=1S/C9H11N.CH4N2S/c10-9-6-5-7-3-1-2-4-8(7)9;2-1(3)4/h1-4,9H,5-6,10H2;(H4,2,3,4). The number of rotatable bonds is 0. The van der Waals surface area contributed by atoms with Crippen LogP contribution in [0.2, 0.25) is 0 Å². The first kappa shape index (κ1) is 10.9. The van der Waals surface area contributed by atoms with E-state index in [4.69, 9.17) is 5.73 Å². The maximum Gasteiger partial charge on any atom is 0.160 e. The molecule has 6 N–H and O–H groups in total. The van der Waals surface area contributed by atoms with Gasteiger partial charge in [-0.1, -0.05) is 24.3 Å². The highest BCUT2D eigenvalue weighted by Gasteiger charge is 2.16. The van der Waals surface area contributed by atoms with Crippen molar-refractivity contribution in [2.45, 2.75) is 18.9 Å². The molecule has 0 aliphatic heterocycles. The zero-order valence-corrected chi connectivity index (χ0v) is 8.76. The Labute approximate surface area is 89.3 Å². The lowest BCUT2D eigenvalue weighted by Crippen LogP contribution is -2.18. The van der Waals surface area contributed by atoms with E-state index >= 15 is 0 Å². The molecule has 3 nitrogen and oxygen atoms in total. The van der Waals surface area contributed by atoms with Gasteiger partial charge in [0.25, 0.3) is 0 Å². The normalized spacial score (nSPS) is 17.9. The molecule has 76 valence electrons. The fraction of sp³-hybridized carbons (Fsp3) is 0.300. The zero-order chi connectivity index (χ0) is 10.6. The zero-order valence-electron chi connectivity index (χ0n) is 7.94. The van der Waals surface area contributed by atoms with Gasteiger partial charge in [0.1, 0.15) is 0 Å². The van der Waals surface area contributed by atoms with E-state index in [1.54, 1.807) is 0 Å². The Morgan fingerprint density at radius 2 is 1.86 bits per heavy atom. The van der Waals surface area contributed by atoms with Crippen LogP contribution in [0.15, 0.2) is 24.3 Å². The van der Waals surface area contributed by atoms with Crippen molar-refractivity contribution in [1.29, 1.82) is 0 Å². The first-order chi connectivity index (χ1) is 6.61. The minimum Gasteiger partial charge on any atom is -0.377 e. The van der Waals surface area contributed by atoms with Crippen molar-refractivity contribution in [3.05, 3.63) is 35.4 Å². The lowest BCUT2D eigenvalue weighted by Gasteiger charge is -2.01. The van der Waals surface area contributed by atoms with Crippen molar-refractivity contribution in [3.8, 4) is 0 Å². The molecule has 0 radical (unpaired) electrons. The molecule has 1 aliphatic carbocycles. The van der Waals surface area contributed by atoms with Gasteiger partial charge in [-0.05, 0) is 36.2 Å². The van der Waals surface area contributed by atoms with Crippen LogP contribution in [0.1, 0.15) is 23.6 Å². The van der Waals surface area contributed by atoms with Gasteiger partial charge in [-0.3, -0.25) is 0 Å². The lowest BCUT2D eigenvalue weighted by atomic mass is 10.1. The summed E-state index contributed by atoms with van der Waals surface area (Å²) in [6.07, 6.45) is 2.29. The van der Waals surface area contributed by atoms with Crippen molar-refractivity contribution in [3.63, 3.8) is 0 Å². The van der Waals surface area contributed by atoms with E-state index in [2.05, 4.69) is 48.0 Å². The predicted octanol–water partition coefficient (Wildman–Crippen LogP) is 0.821. The van der Waals surface area contributed by atoms with E-state index in [1.807, 2.05) is 0 Å². The van der Waals surface area contributed by atoms with Gasteiger partial charge < -0.3 is 17.2 Å². The first-order valence-electron chi connectivity index (χ1n) is 4.49. The fourth-order valence-corrected chi connectivity index (χ4v) is 1.59. The third-order valence-electron chi connectivity index (χ3n) is 2.18. The summed E-state index contributed by atoms with van der Waals surface area (Å²) in [6.45, 7) is 0. The number of aryl methyl sites for hydroxylation is 1. The Kier molecular flexibility index (Phi) is 3.85. The number of fused-ring (bicyclic) bond motifs is 1. The first-order valence-corrected chi connectivity index (χ1v) is 4.90. The molecule has 0 amide bonds. The second-order valence-electron chi connectivity index (χ2n) is 3.25. The molecule has 14 heavy (non-hydrogen) atoms. The van der Waals surface area contributed by atoms with Crippen LogP contribution >= 0.6 is 12.2 Å². The van der Waals surface area contributed by atoms with E-state index in [0.717, 1.165) is 12.8 Å². The van der Waals surface area contributed by atoms with Crippen molar-refractivity contribution < 1.29 is 0 Å². The maximum absolute atomic E-state index is 5.85. The molecule has 0 spiro atoms. The molecular formula is C10H15N3S. The molecule has 4 heteroatoms. The number of nitrogens with two attached hydrogens (primary N) is 3. The summed E-state index contributed by atoms with van der Waals surface area (Å²) in [7, 11) is 0. The summed E-state index contributed by atoms with van der Waals surface area (Å²) < 4.78 is 0. The minimum atomic E-state index is 0.000000000000000222. The molecular weight excluding hydrogens is 194 g/mol. The van der Waals surface area contributed by atoms with Gasteiger partial charge in [0, 0.05) is 6.04 Å². The molecule has 1 unspecified atom stereocenters. The van der Waals surface area contributed by atoms with Crippen molar-refractivity contribution in [1.82, 2.24) is 0 Å². The maximum atomic E-state index is 5.85. The average molecular weight is 209 g/mol. The summed E-state index contributed by atoms with van der Waals surface area (Å²) in [5.41, 5.74) is 17.9. The predicted molar refractivity (Wildman–Crippen MR) is 62.7 cm³/mol. The second-order valence-corrected chi connectivity index (χ2v) is 3.72. The summed E-state index contributed by atoms with van der Waals surface area (Å²) in [6, 6.07) is 8.74. The monoisotopic (exact) mass is 209 g/mol. The molecule has 1 atom stereocenters. The van der Waals surface area contributed by atoms with Crippen LogP contribution in [0.3, 0.4) is 0 Å². The quantitative estimate of drug-likeness (QED) is 0.553. The molecule has 0 fully saturated rings. The van der Waals surface area contributed by atoms with Crippen LogP contribution in [0.25, 0.3) is 0 Å². The Balaban J connectivity index is 0.000000213. The molecule has 0 bridgehead atoms. The smallest absolute Gasteiger partial charge is 0.160 e. The van der Waals surface area contributed by atoms with Crippen LogP contribution in [0.5, 0.6) is 0 Å². The van der Waals surface area contributed by atoms with Crippen LogP contribution in [0.4, 0.5) is 0 Å². The highest BCUT2D eigenvalue weighted by atomic mass is 32.1. The van der Waals surface area contributed by atoms with Gasteiger partial charge in [0.15, 0.2) is 5.11 Å². The molecule has 0 saturated heterocycles. The number of hydrogen-bond acceptors (Lipinski definition) is 2. The fourth-order valence-electron chi connectivity index (χ4n) is 1.59. The van der Waals surface area contributed by atoms with Crippen LogP contribution in [-0.2, 0) is 6.42 Å². The SMILES string of the molecule is NC(N)=S.NC1CCc2ccccc21. The van der Waals surface area contributed by atoms with Crippen molar-refractivity contribution >= 4 is 17.3 Å². The third kappa shape index (κ3) is 2.97. The van der Waals surface area contributed by atoms with Crippen molar-refractivity contribution in [2.24, 2.45) is 17.2 Å². The number of hydrogen-bond donors (Lipinski definition) is 3. The summed E-state index contributed by atoms with van der Waals surface area (Å²) >= 11 is 4.09. The Bertz CT molecular complexity index is 321. The molecule has 0 saturated carbocycles. The molecule has 1 aromatic rings. The Morgan fingerprint density at radius 1 is 1.29 bits per heavy atom. The van der Waals surface area contributed by atoms with Gasteiger partial charge in [-0.25, -0.2) is 0 Å². The topological polar surface area (TPSA) is 78.1 Å². The van der Waals surface area contributed by atoms with Gasteiger partial charge in [-0.15, -0.1) is 0 Å². The number of thiocarbonyl (C=S) groups is 1. The third-order valence-corrected chi connectivity index (χ3v) is 2.18. The van der Waals surface area contributed by atoms with Crippen LogP contribution < -0.4 is 17.2 Å². The molecule has 0 heterocycles. The Morgan fingerprint density at radius 3 is 2.43 bits per heavy atom. The van der Waals surface area contributed by atoms with Crippen LogP contribution in [0, 0.1) is 0 Å². The van der Waals surface area contributed by atoms with Crippen LogP contribution in [-0.4, -0.2) is 5.11 Å². The van der Waals surface area contributed by atoms with E-state index in [1.165, 1.54) is 11.1 Å². The average Bonchev–Trinajstić information content (AvgIpc) is 2.48. The molecule has 0 aromatic heterocycles. The van der Waals surface area contributed by atoms with E-state index in [0.29, 0.717) is 6.04 Å². The van der Waals surface area contributed by atoms with E-state index in [9.17, 15) is 0 Å². The summed E-state index contributed by atoms with van der Waals surface area (Å²) in [4.78, 5) is 0. The second kappa shape index (κ2) is 4.93. The summed E-state index contributed by atoms with van der Waals surface area (Å²) in [5.74, 6) is 0. The van der Waals surface area contributed by atoms with Gasteiger partial charge in [0.2, 0.25) is 0 Å². The van der Waals surface area contributed by atoms with Gasteiger partial charge in [-0.2, -0.15) is 0 Å². The van der Waals surface area contributed by atoms with E-state index < -0.39 is 0 Å². The lowest BCUT2D eigenvalue weighted by molar-refractivity contribution is 0.713. The highest BCUT2D eigenvalue weighted by Crippen LogP contribution is 2.28. The largest absolute Gasteiger partial charge is 0.377 e. The Hall–Kier alpha value is -1.13. The van der Waals surface area contributed by atoms with Gasteiger partial charge in [0.05, 0.1) is 0 Å². The summed E-state index contributed by atoms with van der Waals surface area (Å²) in [5, 5.41) is 0.000000000000000222. The molecule has 1 aromatic carbocycles. The van der Waals surface area contributed by atoms with Crippen molar-refractivity contribution in [2.75, 3.05) is 0 Å². The van der Waals surface area contributed by atoms with Gasteiger partial charge >= 0.3 is 0 Å². The molecule has 1 aliphatic rings. The number of benzene rings is 1.